The van der Waals surface area contributed by atoms with Gasteiger partial charge in [-0.15, -0.1) is 12.4 Å². The molecule has 1 aliphatic heterocycles. The van der Waals surface area contributed by atoms with E-state index in [9.17, 15) is 5.11 Å². The molecular weight excluding hydrogens is 296 g/mol. The number of β-amino-alcohol motifs (C(OH)–C–C–N with tert-alkyl or cyclic N) is 1. The summed E-state index contributed by atoms with van der Waals surface area (Å²) >= 11 is 0. The first kappa shape index (κ1) is 17.0. The quantitative estimate of drug-likeness (QED) is 0.890. The van der Waals surface area contributed by atoms with E-state index in [1.54, 1.807) is 0 Å². The molecule has 4 heteroatoms. The van der Waals surface area contributed by atoms with Gasteiger partial charge in [-0.25, -0.2) is 0 Å². The molecule has 2 atom stereocenters. The van der Waals surface area contributed by atoms with Gasteiger partial charge in [0.25, 0.3) is 0 Å². The summed E-state index contributed by atoms with van der Waals surface area (Å²) in [5.41, 5.74) is 10.1. The number of hydrogen-bond acceptors (Lipinski definition) is 3. The monoisotopic (exact) mass is 318 g/mol. The third-order valence-corrected chi connectivity index (χ3v) is 4.16. The highest BCUT2D eigenvalue weighted by Gasteiger charge is 2.23. The smallest absolute Gasteiger partial charge is 0.0821 e. The van der Waals surface area contributed by atoms with Crippen LogP contribution in [0, 0.1) is 0 Å². The van der Waals surface area contributed by atoms with Gasteiger partial charge in [-0.1, -0.05) is 54.6 Å². The SMILES string of the molecule is Cl.N[C@H](Cc1ccccc1)[C@@H](O)CN1Cc2ccccc2C1. The highest BCUT2D eigenvalue weighted by molar-refractivity contribution is 5.85. The molecule has 0 unspecified atom stereocenters. The highest BCUT2D eigenvalue weighted by atomic mass is 35.5. The van der Waals surface area contributed by atoms with Gasteiger partial charge in [-0.2, -0.15) is 0 Å². The zero-order valence-corrected chi connectivity index (χ0v) is 13.4. The lowest BCUT2D eigenvalue weighted by atomic mass is 10.0. The highest BCUT2D eigenvalue weighted by Crippen LogP contribution is 2.22. The summed E-state index contributed by atoms with van der Waals surface area (Å²) in [5, 5.41) is 10.4. The zero-order valence-electron chi connectivity index (χ0n) is 12.6. The second-order valence-electron chi connectivity index (χ2n) is 5.86. The second-order valence-corrected chi connectivity index (χ2v) is 5.86. The number of hydrogen-bond donors (Lipinski definition) is 2. The predicted octanol–water partition coefficient (Wildman–Crippen LogP) is 2.35. The maximum Gasteiger partial charge on any atom is 0.0821 e. The Morgan fingerprint density at radius 1 is 0.955 bits per heavy atom. The Kier molecular flexibility index (Phi) is 5.98. The Balaban J connectivity index is 0.00000176. The van der Waals surface area contributed by atoms with Gasteiger partial charge >= 0.3 is 0 Å². The third-order valence-electron chi connectivity index (χ3n) is 4.16. The van der Waals surface area contributed by atoms with E-state index in [1.807, 2.05) is 18.2 Å². The summed E-state index contributed by atoms with van der Waals surface area (Å²) in [6, 6.07) is 18.3. The number of nitrogens with two attached hydrogens (primary N) is 1. The molecule has 2 aromatic carbocycles. The van der Waals surface area contributed by atoms with Crippen molar-refractivity contribution >= 4 is 12.4 Å². The Morgan fingerprint density at radius 2 is 1.50 bits per heavy atom. The van der Waals surface area contributed by atoms with E-state index in [4.69, 9.17) is 5.73 Å². The second kappa shape index (κ2) is 7.75. The molecule has 0 saturated carbocycles. The minimum atomic E-state index is -0.500. The lowest BCUT2D eigenvalue weighted by Gasteiger charge is -2.24. The van der Waals surface area contributed by atoms with E-state index in [1.165, 1.54) is 16.7 Å². The van der Waals surface area contributed by atoms with Crippen LogP contribution in [0.1, 0.15) is 16.7 Å². The molecule has 0 amide bonds. The van der Waals surface area contributed by atoms with Gasteiger partial charge in [-0.05, 0) is 23.1 Å². The molecule has 0 aliphatic carbocycles. The average Bonchev–Trinajstić information content (AvgIpc) is 2.90. The number of aliphatic hydroxyl groups excluding tert-OH is 1. The summed E-state index contributed by atoms with van der Waals surface area (Å²) in [6.07, 6.45) is 0.211. The maximum absolute atomic E-state index is 10.4. The van der Waals surface area contributed by atoms with E-state index in [-0.39, 0.29) is 18.4 Å². The fourth-order valence-corrected chi connectivity index (χ4v) is 2.96. The topological polar surface area (TPSA) is 49.5 Å². The number of nitrogens with zero attached hydrogens (tertiary/aromatic N) is 1. The lowest BCUT2D eigenvalue weighted by molar-refractivity contribution is 0.0898. The van der Waals surface area contributed by atoms with Crippen LogP contribution in [-0.4, -0.2) is 28.7 Å². The maximum atomic E-state index is 10.4. The number of aliphatic hydroxyl groups is 1. The number of benzene rings is 2. The number of halogens is 1. The molecule has 2 aromatic rings. The normalized spacial score (nSPS) is 16.6. The van der Waals surface area contributed by atoms with Gasteiger partial charge in [0, 0.05) is 25.7 Å². The lowest BCUT2D eigenvalue weighted by Crippen LogP contribution is -2.43. The molecule has 0 saturated heterocycles. The summed E-state index contributed by atoms with van der Waals surface area (Å²) < 4.78 is 0. The van der Waals surface area contributed by atoms with E-state index >= 15 is 0 Å². The molecule has 0 aromatic heterocycles. The van der Waals surface area contributed by atoms with Gasteiger partial charge in [0.15, 0.2) is 0 Å². The van der Waals surface area contributed by atoms with Crippen LogP contribution in [0.25, 0.3) is 0 Å². The van der Waals surface area contributed by atoms with Crippen molar-refractivity contribution in [3.05, 3.63) is 71.3 Å². The molecule has 3 rings (SSSR count). The molecule has 1 aliphatic rings. The van der Waals surface area contributed by atoms with E-state index < -0.39 is 6.10 Å². The van der Waals surface area contributed by atoms with Crippen molar-refractivity contribution in [3.63, 3.8) is 0 Å². The van der Waals surface area contributed by atoms with Crippen molar-refractivity contribution in [2.45, 2.75) is 31.7 Å². The molecule has 118 valence electrons. The van der Waals surface area contributed by atoms with Crippen molar-refractivity contribution in [2.75, 3.05) is 6.54 Å². The Labute approximate surface area is 138 Å². The van der Waals surface area contributed by atoms with Gasteiger partial charge in [0.05, 0.1) is 6.10 Å². The summed E-state index contributed by atoms with van der Waals surface area (Å²) in [7, 11) is 0. The number of rotatable bonds is 5. The van der Waals surface area contributed by atoms with Crippen LogP contribution in [0.3, 0.4) is 0 Å². The van der Waals surface area contributed by atoms with Crippen LogP contribution in [-0.2, 0) is 19.5 Å². The summed E-state index contributed by atoms with van der Waals surface area (Å²) in [5.74, 6) is 0. The standard InChI is InChI=1S/C18H22N2O.ClH/c19-17(10-14-6-2-1-3-7-14)18(21)13-20-11-15-8-4-5-9-16(15)12-20;/h1-9,17-18,21H,10-13,19H2;1H/t17-,18+;/m1./s1. The van der Waals surface area contributed by atoms with Crippen molar-refractivity contribution in [1.82, 2.24) is 4.90 Å². The number of fused-ring (bicyclic) bond motifs is 1. The van der Waals surface area contributed by atoms with Crippen LogP contribution in [0.5, 0.6) is 0 Å². The van der Waals surface area contributed by atoms with Crippen molar-refractivity contribution in [3.8, 4) is 0 Å². The van der Waals surface area contributed by atoms with Gasteiger partial charge in [0.1, 0.15) is 0 Å². The molecule has 3 nitrogen and oxygen atoms in total. The summed E-state index contributed by atoms with van der Waals surface area (Å²) in [4.78, 5) is 2.26. The molecular formula is C18H23ClN2O. The fraction of sp³-hybridized carbons (Fsp3) is 0.333. The van der Waals surface area contributed by atoms with E-state index in [2.05, 4.69) is 41.3 Å². The van der Waals surface area contributed by atoms with E-state index in [0.717, 1.165) is 13.1 Å². The first-order valence-electron chi connectivity index (χ1n) is 7.49. The van der Waals surface area contributed by atoms with Gasteiger partial charge < -0.3 is 10.8 Å². The van der Waals surface area contributed by atoms with Crippen molar-refractivity contribution in [2.24, 2.45) is 5.73 Å². The minimum absolute atomic E-state index is 0. The zero-order chi connectivity index (χ0) is 14.7. The van der Waals surface area contributed by atoms with Crippen LogP contribution in [0.2, 0.25) is 0 Å². The molecule has 22 heavy (non-hydrogen) atoms. The summed E-state index contributed by atoms with van der Waals surface area (Å²) in [6.45, 7) is 2.44. The molecule has 0 radical (unpaired) electrons. The van der Waals surface area contributed by atoms with E-state index in [0.29, 0.717) is 13.0 Å². The van der Waals surface area contributed by atoms with Gasteiger partial charge in [0.2, 0.25) is 0 Å². The molecule has 0 spiro atoms. The van der Waals surface area contributed by atoms with Crippen LogP contribution >= 0.6 is 12.4 Å². The Bertz CT molecular complexity index is 566. The van der Waals surface area contributed by atoms with Gasteiger partial charge in [-0.3, -0.25) is 4.90 Å². The van der Waals surface area contributed by atoms with Crippen LogP contribution < -0.4 is 5.73 Å². The Morgan fingerprint density at radius 3 is 2.09 bits per heavy atom. The first-order valence-corrected chi connectivity index (χ1v) is 7.49. The van der Waals surface area contributed by atoms with Crippen molar-refractivity contribution < 1.29 is 5.11 Å². The van der Waals surface area contributed by atoms with Crippen LogP contribution in [0.15, 0.2) is 54.6 Å². The van der Waals surface area contributed by atoms with Crippen LogP contribution in [0.4, 0.5) is 0 Å². The average molecular weight is 319 g/mol. The molecule has 3 N–H and O–H groups in total. The fourth-order valence-electron chi connectivity index (χ4n) is 2.96. The first-order chi connectivity index (χ1) is 10.2. The molecule has 0 bridgehead atoms. The Hall–Kier alpha value is -1.39. The molecule has 0 fully saturated rings. The minimum Gasteiger partial charge on any atom is -0.390 e. The van der Waals surface area contributed by atoms with Crippen molar-refractivity contribution in [1.29, 1.82) is 0 Å². The molecule has 1 heterocycles. The largest absolute Gasteiger partial charge is 0.390 e. The predicted molar refractivity (Wildman–Crippen MR) is 91.9 cm³/mol. The third kappa shape index (κ3) is 4.08.